The highest BCUT2D eigenvalue weighted by atomic mass is 79.9. The van der Waals surface area contributed by atoms with Crippen molar-refractivity contribution < 1.29 is 0 Å². The van der Waals surface area contributed by atoms with Crippen molar-refractivity contribution >= 4 is 48.6 Å². The van der Waals surface area contributed by atoms with E-state index in [1.807, 2.05) is 12.1 Å². The molecule has 0 spiro atoms. The molecule has 0 bridgehead atoms. The van der Waals surface area contributed by atoms with Crippen LogP contribution in [0.15, 0.2) is 33.9 Å². The molecule has 2 aromatic rings. The van der Waals surface area contributed by atoms with Crippen LogP contribution >= 0.6 is 37.6 Å². The maximum absolute atomic E-state index is 5.69. The zero-order valence-corrected chi connectivity index (χ0v) is 9.53. The second-order valence-electron chi connectivity index (χ2n) is 2.38. The molecule has 0 amide bonds. The topological polar surface area (TPSA) is 25.8 Å². The van der Waals surface area contributed by atoms with Crippen molar-refractivity contribution in [3.05, 3.63) is 29.0 Å². The Morgan fingerprint density at radius 1 is 1.15 bits per heavy atom. The van der Waals surface area contributed by atoms with Crippen LogP contribution in [0.2, 0.25) is 0 Å². The third-order valence-electron chi connectivity index (χ3n) is 1.62. The fourth-order valence-electron chi connectivity index (χ4n) is 1.06. The van der Waals surface area contributed by atoms with E-state index in [-0.39, 0.29) is 0 Å². The number of halogens is 2. The number of fused-ring (bicyclic) bond motifs is 1. The van der Waals surface area contributed by atoms with Crippen molar-refractivity contribution in [3.63, 3.8) is 0 Å². The quantitative estimate of drug-likeness (QED) is 0.795. The van der Waals surface area contributed by atoms with Gasteiger partial charge in [0, 0.05) is 16.9 Å². The Kier molecular flexibility index (Phi) is 2.71. The monoisotopic (exact) mass is 274 g/mol. The Morgan fingerprint density at radius 3 is 2.54 bits per heavy atom. The lowest BCUT2D eigenvalue weighted by molar-refractivity contribution is 1.26. The lowest BCUT2D eigenvalue weighted by Crippen LogP contribution is -1.85. The largest absolute Gasteiger partial charge is 0.252 e. The van der Waals surface area contributed by atoms with E-state index >= 15 is 0 Å². The van der Waals surface area contributed by atoms with Crippen molar-refractivity contribution in [1.82, 2.24) is 9.97 Å². The maximum atomic E-state index is 5.69. The Labute approximate surface area is 92.4 Å². The molecule has 0 aliphatic heterocycles. The number of hydrogen-bond acceptors (Lipinski definition) is 3. The highest BCUT2D eigenvalue weighted by Gasteiger charge is 2.05. The van der Waals surface area contributed by atoms with Gasteiger partial charge in [-0.2, -0.15) is 0 Å². The summed E-state index contributed by atoms with van der Waals surface area (Å²) in [5.41, 5.74) is 1.67. The Morgan fingerprint density at radius 2 is 1.85 bits per heavy atom. The fourth-order valence-corrected chi connectivity index (χ4v) is 2.20. The van der Waals surface area contributed by atoms with Crippen LogP contribution < -0.4 is 0 Å². The molecule has 5 heteroatoms. The Bertz CT molecular complexity index is 449. The first-order chi connectivity index (χ1) is 6.33. The molecule has 66 valence electrons. The Balaban J connectivity index is 2.84. The molecule has 1 aromatic carbocycles. The van der Waals surface area contributed by atoms with Crippen LogP contribution in [0.25, 0.3) is 11.0 Å². The molecule has 0 atom stereocenters. The van der Waals surface area contributed by atoms with E-state index in [0.29, 0.717) is 0 Å². The zero-order valence-electron chi connectivity index (χ0n) is 6.37. The van der Waals surface area contributed by atoms with E-state index in [4.69, 9.17) is 10.7 Å². The fraction of sp³-hybridized carbons (Fsp3) is 0. The van der Waals surface area contributed by atoms with Gasteiger partial charge in [0.1, 0.15) is 11.0 Å². The molecule has 0 saturated heterocycles. The second-order valence-corrected chi connectivity index (χ2v) is 4.29. The van der Waals surface area contributed by atoms with Crippen LogP contribution in [0.3, 0.4) is 0 Å². The van der Waals surface area contributed by atoms with Gasteiger partial charge in [-0.1, -0.05) is 0 Å². The molecule has 1 aromatic heterocycles. The van der Waals surface area contributed by atoms with Gasteiger partial charge in [-0.05, 0) is 49.7 Å². The van der Waals surface area contributed by atoms with Crippen LogP contribution in [-0.2, 0) is 0 Å². The van der Waals surface area contributed by atoms with E-state index in [1.54, 1.807) is 12.4 Å². The minimum absolute atomic E-state index is 0.830. The van der Waals surface area contributed by atoms with E-state index in [2.05, 4.69) is 25.9 Å². The summed E-state index contributed by atoms with van der Waals surface area (Å²) in [4.78, 5) is 9.35. The zero-order chi connectivity index (χ0) is 9.26. The van der Waals surface area contributed by atoms with Crippen molar-refractivity contribution in [3.8, 4) is 0 Å². The van der Waals surface area contributed by atoms with E-state index < -0.39 is 0 Å². The molecule has 2 rings (SSSR count). The second kappa shape index (κ2) is 3.82. The van der Waals surface area contributed by atoms with Crippen LogP contribution in [0.1, 0.15) is 0 Å². The van der Waals surface area contributed by atoms with Crippen LogP contribution in [-0.4, -0.2) is 9.97 Å². The molecule has 0 unspecified atom stereocenters. The molecule has 0 N–H and O–H groups in total. The van der Waals surface area contributed by atoms with E-state index in [1.165, 1.54) is 0 Å². The molecule has 0 fully saturated rings. The molecular weight excluding hydrogens is 272 g/mol. The third-order valence-corrected chi connectivity index (χ3v) is 3.26. The number of benzene rings is 1. The van der Waals surface area contributed by atoms with Crippen molar-refractivity contribution in [2.45, 2.75) is 4.90 Å². The standard InChI is InChI=1S/C8H4BrClN2S/c9-5-1-2-6(13-10)8-7(5)11-3-4-12-8/h1-4H. The third kappa shape index (κ3) is 1.66. The van der Waals surface area contributed by atoms with Crippen LogP contribution in [0.4, 0.5) is 0 Å². The number of aromatic nitrogens is 2. The van der Waals surface area contributed by atoms with Gasteiger partial charge in [-0.15, -0.1) is 0 Å². The van der Waals surface area contributed by atoms with Gasteiger partial charge in [0.25, 0.3) is 0 Å². The summed E-state index contributed by atoms with van der Waals surface area (Å²) >= 11 is 3.41. The molecule has 0 saturated carbocycles. The normalized spacial score (nSPS) is 10.6. The lowest BCUT2D eigenvalue weighted by atomic mass is 10.3. The smallest absolute Gasteiger partial charge is 0.105 e. The predicted octanol–water partition coefficient (Wildman–Crippen LogP) is 3.64. The molecule has 1 heterocycles. The van der Waals surface area contributed by atoms with Gasteiger partial charge in [-0.25, -0.2) is 0 Å². The average Bonchev–Trinajstić information content (AvgIpc) is 2.19. The SMILES string of the molecule is ClSc1ccc(Br)c2nccnc12. The first kappa shape index (κ1) is 9.24. The number of nitrogens with zero attached hydrogens (tertiary/aromatic N) is 2. The van der Waals surface area contributed by atoms with Gasteiger partial charge in [0.15, 0.2) is 0 Å². The van der Waals surface area contributed by atoms with E-state index in [0.717, 1.165) is 31.4 Å². The highest BCUT2D eigenvalue weighted by molar-refractivity contribution is 9.10. The van der Waals surface area contributed by atoms with Crippen LogP contribution in [0.5, 0.6) is 0 Å². The average molecular weight is 276 g/mol. The van der Waals surface area contributed by atoms with Gasteiger partial charge >= 0.3 is 0 Å². The van der Waals surface area contributed by atoms with E-state index in [9.17, 15) is 0 Å². The molecular formula is C8H4BrClN2S. The highest BCUT2D eigenvalue weighted by Crippen LogP contribution is 2.31. The molecule has 13 heavy (non-hydrogen) atoms. The summed E-state index contributed by atoms with van der Waals surface area (Å²) in [6.07, 6.45) is 3.32. The minimum Gasteiger partial charge on any atom is -0.252 e. The summed E-state index contributed by atoms with van der Waals surface area (Å²) in [6.45, 7) is 0. The van der Waals surface area contributed by atoms with Gasteiger partial charge < -0.3 is 0 Å². The van der Waals surface area contributed by atoms with Crippen LogP contribution in [0, 0.1) is 0 Å². The van der Waals surface area contributed by atoms with Crippen molar-refractivity contribution in [2.24, 2.45) is 0 Å². The van der Waals surface area contributed by atoms with Gasteiger partial charge in [0.2, 0.25) is 0 Å². The van der Waals surface area contributed by atoms with Crippen molar-refractivity contribution in [2.75, 3.05) is 0 Å². The summed E-state index contributed by atoms with van der Waals surface area (Å²) in [6, 6.07) is 3.83. The van der Waals surface area contributed by atoms with Gasteiger partial charge in [-0.3, -0.25) is 9.97 Å². The minimum atomic E-state index is 0.830. The molecule has 0 aliphatic carbocycles. The predicted molar refractivity (Wildman–Crippen MR) is 58.9 cm³/mol. The first-order valence-corrected chi connectivity index (χ1v) is 5.94. The summed E-state index contributed by atoms with van der Waals surface area (Å²) in [7, 11) is 6.85. The number of rotatable bonds is 1. The number of hydrogen-bond donors (Lipinski definition) is 0. The summed E-state index contributed by atoms with van der Waals surface area (Å²) in [5.74, 6) is 0. The summed E-state index contributed by atoms with van der Waals surface area (Å²) in [5, 5.41) is 0. The maximum Gasteiger partial charge on any atom is 0.105 e. The molecule has 2 nitrogen and oxygen atoms in total. The summed E-state index contributed by atoms with van der Waals surface area (Å²) < 4.78 is 0.935. The molecule has 0 aliphatic rings. The lowest BCUT2D eigenvalue weighted by Gasteiger charge is -2.01. The Hall–Kier alpha value is -0.320. The first-order valence-electron chi connectivity index (χ1n) is 3.51. The molecule has 0 radical (unpaired) electrons. The van der Waals surface area contributed by atoms with Gasteiger partial charge in [0.05, 0.1) is 4.90 Å². The van der Waals surface area contributed by atoms with Crippen molar-refractivity contribution in [1.29, 1.82) is 0 Å².